The Bertz CT molecular complexity index is 939. The highest BCUT2D eigenvalue weighted by atomic mass is 32.2. The molecular weight excluding hydrogens is 360 g/mol. The molecule has 0 unspecified atom stereocenters. The van der Waals surface area contributed by atoms with E-state index in [0.29, 0.717) is 17.7 Å². The van der Waals surface area contributed by atoms with Crippen LogP contribution >= 0.6 is 23.1 Å². The van der Waals surface area contributed by atoms with Crippen molar-refractivity contribution in [2.24, 2.45) is 0 Å². The van der Waals surface area contributed by atoms with Crippen LogP contribution in [0.4, 0.5) is 0 Å². The summed E-state index contributed by atoms with van der Waals surface area (Å²) in [5.41, 5.74) is 2.47. The van der Waals surface area contributed by atoms with Gasteiger partial charge in [0.05, 0.1) is 23.7 Å². The highest BCUT2D eigenvalue weighted by Gasteiger charge is 2.11. The molecule has 0 atom stereocenters. The number of nitrogens with one attached hydrogen (secondary N) is 1. The number of rotatable bonds is 6. The molecule has 5 heteroatoms. The lowest BCUT2D eigenvalue weighted by molar-refractivity contribution is 0.0948. The second kappa shape index (κ2) is 8.70. The Morgan fingerprint density at radius 1 is 1.12 bits per heavy atom. The molecule has 0 radical (unpaired) electrons. The molecule has 1 aromatic heterocycles. The molecule has 2 aromatic carbocycles. The number of benzene rings is 2. The van der Waals surface area contributed by atoms with Crippen molar-refractivity contribution < 1.29 is 4.79 Å². The number of carbonyl (C=O) groups is 1. The molecule has 3 rings (SSSR count). The molecule has 3 aromatic rings. The van der Waals surface area contributed by atoms with Gasteiger partial charge in [0, 0.05) is 20.4 Å². The van der Waals surface area contributed by atoms with Crippen molar-refractivity contribution in [2.75, 3.05) is 0 Å². The first-order valence-electron chi connectivity index (χ1n) is 8.20. The van der Waals surface area contributed by atoms with E-state index in [9.17, 15) is 4.79 Å². The van der Waals surface area contributed by atoms with Crippen LogP contribution in [-0.2, 0) is 12.3 Å². The standard InChI is InChI=1S/C21H18N2OS2/c1-15-6-11-18(26-15)13-23-21(24)19-4-2-3-5-20(19)25-14-17-9-7-16(12-22)8-10-17/h2-11H,13-14H2,1H3,(H,23,24). The van der Waals surface area contributed by atoms with Crippen LogP contribution in [-0.4, -0.2) is 5.91 Å². The molecule has 1 heterocycles. The van der Waals surface area contributed by atoms with Gasteiger partial charge in [0.25, 0.3) is 5.91 Å². The molecule has 1 amide bonds. The summed E-state index contributed by atoms with van der Waals surface area (Å²) in [6.45, 7) is 2.61. The monoisotopic (exact) mass is 378 g/mol. The van der Waals surface area contributed by atoms with E-state index < -0.39 is 0 Å². The average Bonchev–Trinajstić information content (AvgIpc) is 3.10. The van der Waals surface area contributed by atoms with Crippen LogP contribution in [0.25, 0.3) is 0 Å². The number of thiophene rings is 1. The van der Waals surface area contributed by atoms with Crippen LogP contribution in [0.5, 0.6) is 0 Å². The molecule has 0 spiro atoms. The van der Waals surface area contributed by atoms with Gasteiger partial charge in [-0.25, -0.2) is 0 Å². The fourth-order valence-electron chi connectivity index (χ4n) is 2.46. The summed E-state index contributed by atoms with van der Waals surface area (Å²) in [5, 5.41) is 11.9. The van der Waals surface area contributed by atoms with E-state index in [4.69, 9.17) is 5.26 Å². The highest BCUT2D eigenvalue weighted by Crippen LogP contribution is 2.26. The Labute approximate surface area is 161 Å². The summed E-state index contributed by atoms with van der Waals surface area (Å²) in [4.78, 5) is 15.9. The third-order valence-electron chi connectivity index (χ3n) is 3.83. The summed E-state index contributed by atoms with van der Waals surface area (Å²) in [6, 6.07) is 21.4. The Hall–Kier alpha value is -2.55. The average molecular weight is 379 g/mol. The zero-order chi connectivity index (χ0) is 18.4. The van der Waals surface area contributed by atoms with Crippen molar-refractivity contribution in [3.63, 3.8) is 0 Å². The van der Waals surface area contributed by atoms with Crippen molar-refractivity contribution in [1.29, 1.82) is 5.26 Å². The molecule has 130 valence electrons. The van der Waals surface area contributed by atoms with Crippen molar-refractivity contribution in [3.8, 4) is 6.07 Å². The van der Waals surface area contributed by atoms with Gasteiger partial charge in [0.2, 0.25) is 0 Å². The predicted molar refractivity (Wildman–Crippen MR) is 107 cm³/mol. The largest absolute Gasteiger partial charge is 0.347 e. The van der Waals surface area contributed by atoms with Crippen LogP contribution in [0.3, 0.4) is 0 Å². The lowest BCUT2D eigenvalue weighted by atomic mass is 10.2. The lowest BCUT2D eigenvalue weighted by Gasteiger charge is -2.09. The van der Waals surface area contributed by atoms with E-state index in [1.54, 1.807) is 23.1 Å². The Kier molecular flexibility index (Phi) is 6.11. The quantitative estimate of drug-likeness (QED) is 0.604. The molecule has 0 fully saturated rings. The maximum Gasteiger partial charge on any atom is 0.252 e. The maximum absolute atomic E-state index is 12.6. The molecule has 3 nitrogen and oxygen atoms in total. The summed E-state index contributed by atoms with van der Waals surface area (Å²) < 4.78 is 0. The Morgan fingerprint density at radius 3 is 2.58 bits per heavy atom. The van der Waals surface area contributed by atoms with Gasteiger partial charge < -0.3 is 5.32 Å². The van der Waals surface area contributed by atoms with E-state index >= 15 is 0 Å². The first-order chi connectivity index (χ1) is 12.7. The van der Waals surface area contributed by atoms with E-state index in [1.165, 1.54) is 4.88 Å². The summed E-state index contributed by atoms with van der Waals surface area (Å²) in [7, 11) is 0. The molecule has 0 bridgehead atoms. The topological polar surface area (TPSA) is 52.9 Å². The number of aryl methyl sites for hydroxylation is 1. The molecule has 1 N–H and O–H groups in total. The van der Waals surface area contributed by atoms with Crippen LogP contribution < -0.4 is 5.32 Å². The summed E-state index contributed by atoms with van der Waals surface area (Å²) >= 11 is 3.32. The van der Waals surface area contributed by atoms with Gasteiger partial charge in [-0.1, -0.05) is 24.3 Å². The van der Waals surface area contributed by atoms with Crippen molar-refractivity contribution in [1.82, 2.24) is 5.32 Å². The van der Waals surface area contributed by atoms with E-state index in [0.717, 1.165) is 21.1 Å². The SMILES string of the molecule is Cc1ccc(CNC(=O)c2ccccc2SCc2ccc(C#N)cc2)s1. The van der Waals surface area contributed by atoms with E-state index in [-0.39, 0.29) is 5.91 Å². The first kappa shape index (κ1) is 18.2. The molecule has 0 saturated carbocycles. The fraction of sp³-hybridized carbons (Fsp3) is 0.143. The van der Waals surface area contributed by atoms with Gasteiger partial charge >= 0.3 is 0 Å². The predicted octanol–water partition coefficient (Wildman–Crippen LogP) is 5.15. The molecule has 0 saturated heterocycles. The number of thioether (sulfide) groups is 1. The Balaban J connectivity index is 1.64. The third kappa shape index (κ3) is 4.75. The van der Waals surface area contributed by atoms with Gasteiger partial charge in [-0.2, -0.15) is 5.26 Å². The zero-order valence-electron chi connectivity index (χ0n) is 14.4. The van der Waals surface area contributed by atoms with Crippen LogP contribution in [0.15, 0.2) is 65.6 Å². The van der Waals surface area contributed by atoms with E-state index in [2.05, 4.69) is 24.4 Å². The first-order valence-corrected chi connectivity index (χ1v) is 10.0. The number of nitrogens with zero attached hydrogens (tertiary/aromatic N) is 1. The number of nitriles is 1. The molecular formula is C21H18N2OS2. The number of hydrogen-bond donors (Lipinski definition) is 1. The van der Waals surface area contributed by atoms with Gasteiger partial charge in [-0.15, -0.1) is 23.1 Å². The van der Waals surface area contributed by atoms with E-state index in [1.807, 2.05) is 54.6 Å². The number of hydrogen-bond acceptors (Lipinski definition) is 4. The van der Waals surface area contributed by atoms with Gasteiger partial charge in [-0.05, 0) is 48.9 Å². The smallest absolute Gasteiger partial charge is 0.252 e. The minimum Gasteiger partial charge on any atom is -0.347 e. The highest BCUT2D eigenvalue weighted by molar-refractivity contribution is 7.98. The number of carbonyl (C=O) groups excluding carboxylic acids is 1. The lowest BCUT2D eigenvalue weighted by Crippen LogP contribution is -2.22. The maximum atomic E-state index is 12.6. The normalized spacial score (nSPS) is 10.3. The number of amides is 1. The van der Waals surface area contributed by atoms with Crippen LogP contribution in [0.2, 0.25) is 0 Å². The molecule has 0 aliphatic carbocycles. The molecule has 0 aliphatic heterocycles. The van der Waals surface area contributed by atoms with Crippen molar-refractivity contribution in [2.45, 2.75) is 24.1 Å². The second-order valence-corrected chi connectivity index (χ2v) is 8.18. The van der Waals surface area contributed by atoms with Crippen molar-refractivity contribution >= 4 is 29.0 Å². The van der Waals surface area contributed by atoms with Gasteiger partial charge in [-0.3, -0.25) is 4.79 Å². The summed E-state index contributed by atoms with van der Waals surface area (Å²) in [6.07, 6.45) is 0. The van der Waals surface area contributed by atoms with Gasteiger partial charge in [0.1, 0.15) is 0 Å². The zero-order valence-corrected chi connectivity index (χ0v) is 16.0. The van der Waals surface area contributed by atoms with Gasteiger partial charge in [0.15, 0.2) is 0 Å². The van der Waals surface area contributed by atoms with Crippen LogP contribution in [0, 0.1) is 18.3 Å². The molecule has 26 heavy (non-hydrogen) atoms. The molecule has 0 aliphatic rings. The summed E-state index contributed by atoms with van der Waals surface area (Å²) in [5.74, 6) is 0.694. The van der Waals surface area contributed by atoms with Crippen molar-refractivity contribution in [3.05, 3.63) is 87.1 Å². The third-order valence-corrected chi connectivity index (χ3v) is 5.97. The minimum absolute atomic E-state index is 0.0565. The second-order valence-electron chi connectivity index (χ2n) is 5.79. The Morgan fingerprint density at radius 2 is 1.88 bits per heavy atom. The van der Waals surface area contributed by atoms with Crippen LogP contribution in [0.1, 0.15) is 31.2 Å². The fourth-order valence-corrected chi connectivity index (χ4v) is 4.30. The minimum atomic E-state index is -0.0565.